The third-order valence-corrected chi connectivity index (χ3v) is 7.09. The molecule has 0 fully saturated rings. The minimum Gasteiger partial charge on any atom is -0.352 e. The molecule has 1 unspecified atom stereocenters. The van der Waals surface area contributed by atoms with Gasteiger partial charge in [-0.15, -0.1) is 0 Å². The average Bonchev–Trinajstić information content (AvgIpc) is 2.85. The van der Waals surface area contributed by atoms with Gasteiger partial charge in [-0.3, -0.25) is 13.9 Å². The summed E-state index contributed by atoms with van der Waals surface area (Å²) < 4.78 is 26.7. The van der Waals surface area contributed by atoms with Gasteiger partial charge in [-0.2, -0.15) is 0 Å². The number of hydrogen-bond acceptors (Lipinski definition) is 4. The molecule has 0 bridgehead atoms. The lowest BCUT2D eigenvalue weighted by atomic mass is 10.0. The number of carbonyl (C=O) groups excluding carboxylic acids is 2. The van der Waals surface area contributed by atoms with Gasteiger partial charge in [-0.25, -0.2) is 8.42 Å². The molecule has 2 amide bonds. The van der Waals surface area contributed by atoms with Gasteiger partial charge in [0.15, 0.2) is 0 Å². The van der Waals surface area contributed by atoms with Gasteiger partial charge in [0.1, 0.15) is 12.6 Å². The molecule has 0 saturated carbocycles. The fourth-order valence-corrected chi connectivity index (χ4v) is 5.06. The van der Waals surface area contributed by atoms with Crippen molar-refractivity contribution in [2.45, 2.75) is 45.8 Å². The summed E-state index contributed by atoms with van der Waals surface area (Å²) in [5, 5.41) is 2.94. The summed E-state index contributed by atoms with van der Waals surface area (Å²) in [4.78, 5) is 28.9. The lowest BCUT2D eigenvalue weighted by molar-refractivity contribution is -0.140. The molecule has 3 rings (SSSR count). The van der Waals surface area contributed by atoms with Crippen LogP contribution in [-0.2, 0) is 32.6 Å². The Bertz CT molecular complexity index is 1290. The van der Waals surface area contributed by atoms with Gasteiger partial charge in [0.25, 0.3) is 0 Å². The number of rotatable bonds is 11. The van der Waals surface area contributed by atoms with Gasteiger partial charge < -0.3 is 10.2 Å². The summed E-state index contributed by atoms with van der Waals surface area (Å²) in [6.07, 6.45) is 1.38. The van der Waals surface area contributed by atoms with E-state index in [1.165, 1.54) is 4.90 Å². The highest BCUT2D eigenvalue weighted by atomic mass is 32.2. The fourth-order valence-electron chi connectivity index (χ4n) is 4.15. The Morgan fingerprint density at radius 3 is 1.92 bits per heavy atom. The molecule has 1 atom stereocenters. The molecule has 0 spiro atoms. The molecule has 3 aromatic rings. The van der Waals surface area contributed by atoms with Crippen molar-refractivity contribution >= 4 is 27.5 Å². The molecule has 0 saturated heterocycles. The van der Waals surface area contributed by atoms with Gasteiger partial charge in [-0.05, 0) is 43.5 Å². The molecule has 0 aliphatic carbocycles. The number of sulfonamides is 1. The van der Waals surface area contributed by atoms with Crippen molar-refractivity contribution in [1.29, 1.82) is 0 Å². The summed E-state index contributed by atoms with van der Waals surface area (Å²) in [7, 11) is -3.78. The summed E-state index contributed by atoms with van der Waals surface area (Å²) in [6, 6.07) is 25.0. The zero-order chi connectivity index (χ0) is 27.0. The lowest BCUT2D eigenvalue weighted by Gasteiger charge is -2.34. The van der Waals surface area contributed by atoms with Crippen molar-refractivity contribution in [3.8, 4) is 0 Å². The summed E-state index contributed by atoms with van der Waals surface area (Å²) in [5.74, 6) is -0.748. The number of anilines is 1. The number of carbonyl (C=O) groups is 2. The van der Waals surface area contributed by atoms with Gasteiger partial charge in [0.2, 0.25) is 21.8 Å². The Kier molecular flexibility index (Phi) is 9.47. The number of amides is 2. The van der Waals surface area contributed by atoms with E-state index in [1.807, 2.05) is 80.6 Å². The van der Waals surface area contributed by atoms with Crippen LogP contribution < -0.4 is 9.62 Å². The van der Waals surface area contributed by atoms with Crippen LogP contribution in [0.25, 0.3) is 0 Å². The van der Waals surface area contributed by atoms with E-state index in [4.69, 9.17) is 0 Å². The standard InChI is InChI=1S/C29H35N3O4S/c1-22(2)30-29(34)27(19-24-14-7-5-8-15-24)31(20-25-16-9-6-10-17-25)28(33)21-32(37(4,35)36)26-18-12-11-13-23(26)3/h5-18,22,27H,19-21H2,1-4H3,(H,30,34). The highest BCUT2D eigenvalue weighted by Gasteiger charge is 2.33. The van der Waals surface area contributed by atoms with Gasteiger partial charge in [-0.1, -0.05) is 78.9 Å². The molecule has 0 radical (unpaired) electrons. The lowest BCUT2D eigenvalue weighted by Crippen LogP contribution is -2.54. The molecule has 37 heavy (non-hydrogen) atoms. The van der Waals surface area contributed by atoms with Crippen LogP contribution in [0.1, 0.15) is 30.5 Å². The van der Waals surface area contributed by atoms with Crippen LogP contribution in [-0.4, -0.2) is 50.0 Å². The number of benzene rings is 3. The summed E-state index contributed by atoms with van der Waals surface area (Å²) in [6.45, 7) is 5.27. The minimum atomic E-state index is -3.78. The molecule has 8 heteroatoms. The largest absolute Gasteiger partial charge is 0.352 e. The van der Waals surface area contributed by atoms with Crippen LogP contribution in [0.15, 0.2) is 84.9 Å². The minimum absolute atomic E-state index is 0.126. The van der Waals surface area contributed by atoms with Crippen molar-refractivity contribution in [2.75, 3.05) is 17.1 Å². The van der Waals surface area contributed by atoms with Crippen molar-refractivity contribution in [3.63, 3.8) is 0 Å². The maximum absolute atomic E-state index is 14.0. The van der Waals surface area contributed by atoms with Gasteiger partial charge >= 0.3 is 0 Å². The zero-order valence-electron chi connectivity index (χ0n) is 21.8. The van der Waals surface area contributed by atoms with Crippen LogP contribution in [0, 0.1) is 6.92 Å². The van der Waals surface area contributed by atoms with E-state index in [-0.39, 0.29) is 18.5 Å². The number of aryl methyl sites for hydroxylation is 1. The third-order valence-electron chi connectivity index (χ3n) is 5.96. The van der Waals surface area contributed by atoms with Crippen molar-refractivity contribution in [2.24, 2.45) is 0 Å². The highest BCUT2D eigenvalue weighted by molar-refractivity contribution is 7.92. The van der Waals surface area contributed by atoms with Crippen LogP contribution >= 0.6 is 0 Å². The summed E-state index contributed by atoms with van der Waals surface area (Å²) in [5.41, 5.74) is 2.90. The van der Waals surface area contributed by atoms with Crippen molar-refractivity contribution in [1.82, 2.24) is 10.2 Å². The Balaban J connectivity index is 2.04. The van der Waals surface area contributed by atoms with E-state index in [9.17, 15) is 18.0 Å². The number of hydrogen-bond donors (Lipinski definition) is 1. The highest BCUT2D eigenvalue weighted by Crippen LogP contribution is 2.23. The van der Waals surface area contributed by atoms with E-state index in [2.05, 4.69) is 5.32 Å². The molecule has 196 valence electrons. The quantitative estimate of drug-likeness (QED) is 0.414. The van der Waals surface area contributed by atoms with Crippen LogP contribution in [0.4, 0.5) is 5.69 Å². The van der Waals surface area contributed by atoms with Crippen molar-refractivity contribution in [3.05, 3.63) is 102 Å². The number of nitrogens with zero attached hydrogens (tertiary/aromatic N) is 2. The first-order valence-corrected chi connectivity index (χ1v) is 14.1. The number of nitrogens with one attached hydrogen (secondary N) is 1. The Labute approximate surface area is 220 Å². The molecule has 3 aromatic carbocycles. The third kappa shape index (κ3) is 7.92. The monoisotopic (exact) mass is 521 g/mol. The summed E-state index contributed by atoms with van der Waals surface area (Å²) >= 11 is 0. The number of para-hydroxylation sites is 1. The fraction of sp³-hybridized carbons (Fsp3) is 0.310. The molecule has 0 heterocycles. The second-order valence-electron chi connectivity index (χ2n) is 9.43. The van der Waals surface area contributed by atoms with Crippen LogP contribution in [0.2, 0.25) is 0 Å². The Morgan fingerprint density at radius 1 is 0.838 bits per heavy atom. The molecular weight excluding hydrogens is 486 g/mol. The first-order chi connectivity index (χ1) is 17.6. The molecule has 7 nitrogen and oxygen atoms in total. The van der Waals surface area contributed by atoms with E-state index in [1.54, 1.807) is 25.1 Å². The maximum Gasteiger partial charge on any atom is 0.244 e. The molecule has 0 aromatic heterocycles. The zero-order valence-corrected chi connectivity index (χ0v) is 22.6. The topological polar surface area (TPSA) is 86.8 Å². The van der Waals surface area contributed by atoms with Gasteiger partial charge in [0, 0.05) is 19.0 Å². The predicted octanol–water partition coefficient (Wildman–Crippen LogP) is 3.93. The Hall–Kier alpha value is -3.65. The van der Waals surface area contributed by atoms with E-state index in [0.29, 0.717) is 12.1 Å². The second kappa shape index (κ2) is 12.5. The van der Waals surface area contributed by atoms with E-state index < -0.39 is 28.5 Å². The van der Waals surface area contributed by atoms with Gasteiger partial charge in [0.05, 0.1) is 11.9 Å². The second-order valence-corrected chi connectivity index (χ2v) is 11.3. The van der Waals surface area contributed by atoms with Crippen LogP contribution in [0.3, 0.4) is 0 Å². The first-order valence-electron chi connectivity index (χ1n) is 12.3. The maximum atomic E-state index is 14.0. The normalized spacial score (nSPS) is 12.1. The Morgan fingerprint density at radius 2 is 1.38 bits per heavy atom. The van der Waals surface area contributed by atoms with E-state index >= 15 is 0 Å². The van der Waals surface area contributed by atoms with E-state index in [0.717, 1.165) is 27.3 Å². The van der Waals surface area contributed by atoms with Crippen molar-refractivity contribution < 1.29 is 18.0 Å². The molecule has 1 N–H and O–H groups in total. The average molecular weight is 522 g/mol. The molecular formula is C29H35N3O4S. The molecule has 0 aliphatic rings. The molecule has 0 aliphatic heterocycles. The first kappa shape index (κ1) is 27.9. The van der Waals surface area contributed by atoms with Crippen LogP contribution in [0.5, 0.6) is 0 Å². The smallest absolute Gasteiger partial charge is 0.244 e. The SMILES string of the molecule is Cc1ccccc1N(CC(=O)N(Cc1ccccc1)C(Cc1ccccc1)C(=O)NC(C)C)S(C)(=O)=O. The predicted molar refractivity (Wildman–Crippen MR) is 148 cm³/mol.